The third-order valence-corrected chi connectivity index (χ3v) is 2.27. The molecule has 15 heavy (non-hydrogen) atoms. The lowest BCUT2D eigenvalue weighted by Gasteiger charge is -1.98. The lowest BCUT2D eigenvalue weighted by Crippen LogP contribution is -2.15. The number of halogens is 2. The summed E-state index contributed by atoms with van der Waals surface area (Å²) in [6, 6.07) is 6.67. The van der Waals surface area contributed by atoms with E-state index in [2.05, 4.69) is 25.9 Å². The Balaban J connectivity index is 2.66. The first-order valence-electron chi connectivity index (χ1n) is 3.98. The number of carbonyl (C=O) groups excluding carboxylic acids is 1. The summed E-state index contributed by atoms with van der Waals surface area (Å²) in [7, 11) is 0. The van der Waals surface area contributed by atoms with E-state index in [1.807, 2.05) is 0 Å². The van der Waals surface area contributed by atoms with Crippen molar-refractivity contribution in [3.8, 4) is 0 Å². The molecule has 0 saturated heterocycles. The van der Waals surface area contributed by atoms with Gasteiger partial charge in [-0.1, -0.05) is 21.1 Å². The Kier molecular flexibility index (Phi) is 4.58. The largest absolute Gasteiger partial charge is 0.383 e. The van der Waals surface area contributed by atoms with Crippen LogP contribution in [0.5, 0.6) is 0 Å². The molecule has 6 heteroatoms. The summed E-state index contributed by atoms with van der Waals surface area (Å²) < 4.78 is 0.878. The van der Waals surface area contributed by atoms with Crippen molar-refractivity contribution in [2.75, 3.05) is 5.88 Å². The first kappa shape index (κ1) is 12.0. The van der Waals surface area contributed by atoms with Crippen molar-refractivity contribution in [1.29, 1.82) is 0 Å². The number of alkyl halides is 1. The van der Waals surface area contributed by atoms with Crippen molar-refractivity contribution in [3.05, 3.63) is 34.3 Å². The summed E-state index contributed by atoms with van der Waals surface area (Å²) in [6.45, 7) is 0. The molecule has 0 amide bonds. The summed E-state index contributed by atoms with van der Waals surface area (Å²) >= 11 is 8.60. The van der Waals surface area contributed by atoms with Crippen LogP contribution in [0.25, 0.3) is 0 Å². The van der Waals surface area contributed by atoms with Crippen molar-refractivity contribution in [2.24, 2.45) is 10.9 Å². The number of carbonyl (C=O) groups is 1. The molecule has 0 saturated carbocycles. The highest BCUT2D eigenvalue weighted by Gasteiger charge is 2.06. The lowest BCUT2D eigenvalue weighted by molar-refractivity contribution is 0.0515. The second kappa shape index (κ2) is 5.72. The minimum absolute atomic E-state index is 0.0214. The zero-order chi connectivity index (χ0) is 11.3. The molecule has 2 N–H and O–H groups in total. The van der Waals surface area contributed by atoms with E-state index in [9.17, 15) is 4.79 Å². The number of amidine groups is 1. The van der Waals surface area contributed by atoms with E-state index in [4.69, 9.17) is 17.3 Å². The van der Waals surface area contributed by atoms with Crippen LogP contribution >= 0.6 is 27.5 Å². The third-order valence-electron chi connectivity index (χ3n) is 1.46. The minimum Gasteiger partial charge on any atom is -0.383 e. The summed E-state index contributed by atoms with van der Waals surface area (Å²) in [4.78, 5) is 15.9. The van der Waals surface area contributed by atoms with Gasteiger partial charge in [0.2, 0.25) is 0 Å². The normalized spacial score (nSPS) is 11.2. The fourth-order valence-electron chi connectivity index (χ4n) is 0.763. The van der Waals surface area contributed by atoms with Crippen molar-refractivity contribution in [3.63, 3.8) is 0 Å². The van der Waals surface area contributed by atoms with Gasteiger partial charge in [0, 0.05) is 4.47 Å². The highest BCUT2D eigenvalue weighted by Crippen LogP contribution is 2.11. The van der Waals surface area contributed by atoms with Crippen molar-refractivity contribution >= 4 is 39.3 Å². The first-order valence-corrected chi connectivity index (χ1v) is 5.31. The zero-order valence-electron chi connectivity index (χ0n) is 7.61. The molecule has 1 aromatic rings. The van der Waals surface area contributed by atoms with Gasteiger partial charge < -0.3 is 10.6 Å². The molecular formula is C9H8BrClN2O2. The Labute approximate surface area is 100 Å². The highest BCUT2D eigenvalue weighted by molar-refractivity contribution is 9.10. The monoisotopic (exact) mass is 290 g/mol. The van der Waals surface area contributed by atoms with E-state index in [0.717, 1.165) is 4.47 Å². The predicted octanol–water partition coefficient (Wildman–Crippen LogP) is 2.12. The topological polar surface area (TPSA) is 64.7 Å². The maximum Gasteiger partial charge on any atom is 0.365 e. The predicted molar refractivity (Wildman–Crippen MR) is 61.9 cm³/mol. The van der Waals surface area contributed by atoms with E-state index < -0.39 is 5.97 Å². The Morgan fingerprint density at radius 1 is 1.47 bits per heavy atom. The standard InChI is InChI=1S/C9H8BrClN2O2/c10-7-3-1-6(2-4-7)9(14)15-13-8(12)5-11/h1-4H,5H2,(H2,12,13). The second-order valence-electron chi connectivity index (χ2n) is 2.60. The van der Waals surface area contributed by atoms with Crippen LogP contribution in [-0.2, 0) is 4.84 Å². The molecule has 0 radical (unpaired) electrons. The van der Waals surface area contributed by atoms with Crippen molar-refractivity contribution in [2.45, 2.75) is 0 Å². The molecular weight excluding hydrogens is 283 g/mol. The Hall–Kier alpha value is -1.07. The number of nitrogens with zero attached hydrogens (tertiary/aromatic N) is 1. The van der Waals surface area contributed by atoms with Gasteiger partial charge in [-0.25, -0.2) is 4.79 Å². The van der Waals surface area contributed by atoms with Gasteiger partial charge in [-0.2, -0.15) is 0 Å². The van der Waals surface area contributed by atoms with Crippen LogP contribution in [0, 0.1) is 0 Å². The summed E-state index contributed by atoms with van der Waals surface area (Å²) in [5.74, 6) is -0.495. The molecule has 1 rings (SSSR count). The van der Waals surface area contributed by atoms with Crippen LogP contribution in [0.1, 0.15) is 10.4 Å². The number of rotatable bonds is 3. The van der Waals surface area contributed by atoms with Crippen LogP contribution in [0.3, 0.4) is 0 Å². The quantitative estimate of drug-likeness (QED) is 0.305. The third kappa shape index (κ3) is 3.89. The van der Waals surface area contributed by atoms with Crippen LogP contribution in [0.15, 0.2) is 33.9 Å². The molecule has 0 bridgehead atoms. The van der Waals surface area contributed by atoms with E-state index in [1.165, 1.54) is 0 Å². The summed E-state index contributed by atoms with van der Waals surface area (Å²) in [5, 5.41) is 3.34. The van der Waals surface area contributed by atoms with Gasteiger partial charge in [-0.15, -0.1) is 11.6 Å². The van der Waals surface area contributed by atoms with Gasteiger partial charge in [-0.3, -0.25) is 0 Å². The van der Waals surface area contributed by atoms with Crippen molar-refractivity contribution in [1.82, 2.24) is 0 Å². The lowest BCUT2D eigenvalue weighted by atomic mass is 10.2. The van der Waals surface area contributed by atoms with Crippen molar-refractivity contribution < 1.29 is 9.63 Å². The highest BCUT2D eigenvalue weighted by atomic mass is 79.9. The van der Waals surface area contributed by atoms with E-state index in [-0.39, 0.29) is 11.7 Å². The zero-order valence-corrected chi connectivity index (χ0v) is 9.96. The molecule has 1 aromatic carbocycles. The molecule has 0 aliphatic carbocycles. The van der Waals surface area contributed by atoms with E-state index in [0.29, 0.717) is 5.56 Å². The molecule has 0 spiro atoms. The maximum absolute atomic E-state index is 11.3. The van der Waals surface area contributed by atoms with Crippen LogP contribution in [0.4, 0.5) is 0 Å². The van der Waals surface area contributed by atoms with Gasteiger partial charge in [0.1, 0.15) is 0 Å². The molecule has 0 aliphatic rings. The van der Waals surface area contributed by atoms with E-state index >= 15 is 0 Å². The number of nitrogens with two attached hydrogens (primary N) is 1. The Morgan fingerprint density at radius 3 is 2.60 bits per heavy atom. The Morgan fingerprint density at radius 2 is 2.07 bits per heavy atom. The molecule has 0 aromatic heterocycles. The second-order valence-corrected chi connectivity index (χ2v) is 3.78. The molecule has 0 aliphatic heterocycles. The molecule has 0 heterocycles. The average molecular weight is 292 g/mol. The fourth-order valence-corrected chi connectivity index (χ4v) is 1.08. The van der Waals surface area contributed by atoms with Gasteiger partial charge in [0.05, 0.1) is 11.4 Å². The molecule has 0 unspecified atom stereocenters. The van der Waals surface area contributed by atoms with Gasteiger partial charge in [0.25, 0.3) is 0 Å². The Bertz CT molecular complexity index is 378. The minimum atomic E-state index is -0.574. The molecule has 80 valence electrons. The number of oxime groups is 1. The molecule has 0 atom stereocenters. The SMILES string of the molecule is NC(CCl)=NOC(=O)c1ccc(Br)cc1. The maximum atomic E-state index is 11.3. The van der Waals surface area contributed by atoms with Gasteiger partial charge >= 0.3 is 5.97 Å². The van der Waals surface area contributed by atoms with Crippen LogP contribution in [0.2, 0.25) is 0 Å². The number of hydrogen-bond acceptors (Lipinski definition) is 3. The van der Waals surface area contributed by atoms with Crippen LogP contribution < -0.4 is 5.73 Å². The number of benzene rings is 1. The average Bonchev–Trinajstić information content (AvgIpc) is 2.26. The fraction of sp³-hybridized carbons (Fsp3) is 0.111. The summed E-state index contributed by atoms with van der Waals surface area (Å²) in [6.07, 6.45) is 0. The van der Waals surface area contributed by atoms with Gasteiger partial charge in [-0.05, 0) is 24.3 Å². The van der Waals surface area contributed by atoms with Crippen LogP contribution in [-0.4, -0.2) is 17.7 Å². The first-order chi connectivity index (χ1) is 7.13. The van der Waals surface area contributed by atoms with E-state index in [1.54, 1.807) is 24.3 Å². The number of hydrogen-bond donors (Lipinski definition) is 1. The smallest absolute Gasteiger partial charge is 0.365 e. The van der Waals surface area contributed by atoms with Gasteiger partial charge in [0.15, 0.2) is 5.84 Å². The molecule has 4 nitrogen and oxygen atoms in total. The summed E-state index contributed by atoms with van der Waals surface area (Å²) in [5.41, 5.74) is 5.65. The molecule has 0 fully saturated rings.